The smallest absolute Gasteiger partial charge is 0.195 e. The lowest BCUT2D eigenvalue weighted by Crippen LogP contribution is -2.02. The molecule has 2 rings (SSSR count). The highest BCUT2D eigenvalue weighted by atomic mass is 19.2. The summed E-state index contributed by atoms with van der Waals surface area (Å²) in [6.45, 7) is 2.55. The molecule has 2 aromatic rings. The first-order chi connectivity index (χ1) is 7.86. The Kier molecular flexibility index (Phi) is 2.56. The Morgan fingerprint density at radius 2 is 1.29 bits per heavy atom. The molecule has 2 aromatic carbocycles. The standard InChI is InChI=1S/C12H7F5/c1-4-3-6(13)10(15)8-7(4)5(2)9(14)12(17)11(8)16/h3H,1-2H3. The number of rotatable bonds is 0. The van der Waals surface area contributed by atoms with E-state index in [0.717, 1.165) is 6.07 Å². The van der Waals surface area contributed by atoms with Gasteiger partial charge in [-0.25, -0.2) is 22.0 Å². The van der Waals surface area contributed by atoms with E-state index in [1.54, 1.807) is 0 Å². The van der Waals surface area contributed by atoms with Crippen LogP contribution in [-0.2, 0) is 0 Å². The fourth-order valence-electron chi connectivity index (χ4n) is 1.92. The minimum absolute atomic E-state index is 0.139. The average Bonchev–Trinajstić information content (AvgIpc) is 2.28. The highest BCUT2D eigenvalue weighted by molar-refractivity contribution is 5.90. The van der Waals surface area contributed by atoms with E-state index in [-0.39, 0.29) is 16.5 Å². The molecule has 90 valence electrons. The second-order valence-corrected chi connectivity index (χ2v) is 3.81. The van der Waals surface area contributed by atoms with Gasteiger partial charge in [-0.1, -0.05) is 0 Å². The van der Waals surface area contributed by atoms with E-state index in [9.17, 15) is 22.0 Å². The van der Waals surface area contributed by atoms with Gasteiger partial charge in [0.05, 0.1) is 5.39 Å². The molecule has 0 heterocycles. The maximum absolute atomic E-state index is 13.4. The lowest BCUT2D eigenvalue weighted by Gasteiger charge is -2.11. The summed E-state index contributed by atoms with van der Waals surface area (Å²) in [5, 5.41) is -0.987. The van der Waals surface area contributed by atoms with Crippen LogP contribution in [0.4, 0.5) is 22.0 Å². The van der Waals surface area contributed by atoms with Gasteiger partial charge in [-0.05, 0) is 36.4 Å². The van der Waals surface area contributed by atoms with E-state index in [0.29, 0.717) is 0 Å². The average molecular weight is 246 g/mol. The summed E-state index contributed by atoms with van der Waals surface area (Å²) < 4.78 is 66.4. The minimum atomic E-state index is -1.79. The van der Waals surface area contributed by atoms with Gasteiger partial charge < -0.3 is 0 Å². The lowest BCUT2D eigenvalue weighted by molar-refractivity contribution is 0.445. The van der Waals surface area contributed by atoms with Gasteiger partial charge in [0.2, 0.25) is 0 Å². The SMILES string of the molecule is Cc1cc(F)c(F)c2c(F)c(F)c(F)c(C)c12. The van der Waals surface area contributed by atoms with E-state index >= 15 is 0 Å². The third-order valence-corrected chi connectivity index (χ3v) is 2.73. The van der Waals surface area contributed by atoms with Crippen LogP contribution >= 0.6 is 0 Å². The molecule has 0 atom stereocenters. The van der Waals surface area contributed by atoms with Crippen molar-refractivity contribution in [1.82, 2.24) is 0 Å². The Balaban J connectivity index is 3.17. The largest absolute Gasteiger partial charge is 0.204 e. The van der Waals surface area contributed by atoms with Gasteiger partial charge >= 0.3 is 0 Å². The maximum atomic E-state index is 13.4. The quantitative estimate of drug-likeness (QED) is 0.484. The second kappa shape index (κ2) is 3.68. The van der Waals surface area contributed by atoms with Crippen LogP contribution in [0.2, 0.25) is 0 Å². The van der Waals surface area contributed by atoms with Crippen molar-refractivity contribution in [1.29, 1.82) is 0 Å². The van der Waals surface area contributed by atoms with E-state index in [1.807, 2.05) is 0 Å². The van der Waals surface area contributed by atoms with Crippen molar-refractivity contribution in [2.45, 2.75) is 13.8 Å². The van der Waals surface area contributed by atoms with E-state index in [2.05, 4.69) is 0 Å². The summed E-state index contributed by atoms with van der Waals surface area (Å²) in [4.78, 5) is 0. The fraction of sp³-hybridized carbons (Fsp3) is 0.167. The molecule has 0 saturated carbocycles. The predicted molar refractivity (Wildman–Crippen MR) is 53.2 cm³/mol. The molecular formula is C12H7F5. The fourth-order valence-corrected chi connectivity index (χ4v) is 1.92. The van der Waals surface area contributed by atoms with E-state index in [4.69, 9.17) is 0 Å². The van der Waals surface area contributed by atoms with Crippen LogP contribution in [0, 0.1) is 42.9 Å². The Bertz CT molecular complexity index is 631. The summed E-state index contributed by atoms with van der Waals surface area (Å²) in [7, 11) is 0. The Morgan fingerprint density at radius 3 is 1.88 bits per heavy atom. The van der Waals surface area contributed by atoms with Crippen molar-refractivity contribution in [3.05, 3.63) is 46.3 Å². The summed E-state index contributed by atoms with van der Waals surface area (Å²) in [6.07, 6.45) is 0. The Labute approximate surface area is 93.7 Å². The normalized spacial score (nSPS) is 11.2. The summed E-state index contributed by atoms with van der Waals surface area (Å²) >= 11 is 0. The molecule has 0 fully saturated rings. The third-order valence-electron chi connectivity index (χ3n) is 2.73. The molecule has 0 aliphatic heterocycles. The highest BCUT2D eigenvalue weighted by Gasteiger charge is 2.23. The summed E-state index contributed by atoms with van der Waals surface area (Å²) in [5.41, 5.74) is -0.0931. The number of hydrogen-bond donors (Lipinski definition) is 0. The van der Waals surface area contributed by atoms with E-state index in [1.165, 1.54) is 13.8 Å². The van der Waals surface area contributed by atoms with E-state index < -0.39 is 34.5 Å². The van der Waals surface area contributed by atoms with Crippen LogP contribution < -0.4 is 0 Å². The lowest BCUT2D eigenvalue weighted by atomic mass is 9.98. The van der Waals surface area contributed by atoms with Crippen LogP contribution in [0.3, 0.4) is 0 Å². The first-order valence-electron chi connectivity index (χ1n) is 4.77. The first-order valence-corrected chi connectivity index (χ1v) is 4.77. The minimum Gasteiger partial charge on any atom is -0.204 e. The van der Waals surface area contributed by atoms with Crippen molar-refractivity contribution >= 4 is 10.8 Å². The van der Waals surface area contributed by atoms with Gasteiger partial charge in [0.15, 0.2) is 29.1 Å². The number of fused-ring (bicyclic) bond motifs is 1. The van der Waals surface area contributed by atoms with Crippen LogP contribution in [-0.4, -0.2) is 0 Å². The topological polar surface area (TPSA) is 0 Å². The van der Waals surface area contributed by atoms with Crippen LogP contribution in [0.1, 0.15) is 11.1 Å². The molecule has 0 N–H and O–H groups in total. The molecule has 0 bridgehead atoms. The molecule has 17 heavy (non-hydrogen) atoms. The zero-order valence-corrected chi connectivity index (χ0v) is 8.97. The first kappa shape index (κ1) is 11.8. The van der Waals surface area contributed by atoms with Crippen molar-refractivity contribution in [3.8, 4) is 0 Å². The summed E-state index contributed by atoms with van der Waals surface area (Å²) in [6, 6.07) is 0.821. The van der Waals surface area contributed by atoms with Gasteiger partial charge in [-0.15, -0.1) is 0 Å². The van der Waals surface area contributed by atoms with Gasteiger partial charge in [0.1, 0.15) is 0 Å². The molecule has 0 aliphatic carbocycles. The molecule has 5 heteroatoms. The third kappa shape index (κ3) is 1.49. The highest BCUT2D eigenvalue weighted by Crippen LogP contribution is 2.32. The molecule has 0 unspecified atom stereocenters. The van der Waals surface area contributed by atoms with Gasteiger partial charge in [-0.2, -0.15) is 0 Å². The molecule has 0 amide bonds. The predicted octanol–water partition coefficient (Wildman–Crippen LogP) is 4.15. The van der Waals surface area contributed by atoms with Crippen LogP contribution in [0.25, 0.3) is 10.8 Å². The number of hydrogen-bond acceptors (Lipinski definition) is 0. The molecule has 0 aliphatic rings. The monoisotopic (exact) mass is 246 g/mol. The van der Waals surface area contributed by atoms with Crippen molar-refractivity contribution in [3.63, 3.8) is 0 Å². The molecule has 0 nitrogen and oxygen atoms in total. The van der Waals surface area contributed by atoms with Crippen molar-refractivity contribution in [2.24, 2.45) is 0 Å². The number of aryl methyl sites for hydroxylation is 2. The Morgan fingerprint density at radius 1 is 0.706 bits per heavy atom. The molecule has 0 saturated heterocycles. The molecule has 0 aromatic heterocycles. The molecule has 0 radical (unpaired) electrons. The molecular weight excluding hydrogens is 239 g/mol. The van der Waals surface area contributed by atoms with Gasteiger partial charge in [0.25, 0.3) is 0 Å². The molecule has 0 spiro atoms. The maximum Gasteiger partial charge on any atom is 0.195 e. The Hall–Kier alpha value is -1.65. The number of benzene rings is 2. The number of halogens is 5. The van der Waals surface area contributed by atoms with Gasteiger partial charge in [-0.3, -0.25) is 0 Å². The zero-order valence-electron chi connectivity index (χ0n) is 8.97. The van der Waals surface area contributed by atoms with Crippen molar-refractivity contribution in [2.75, 3.05) is 0 Å². The van der Waals surface area contributed by atoms with Crippen LogP contribution in [0.5, 0.6) is 0 Å². The zero-order chi connectivity index (χ0) is 12.9. The van der Waals surface area contributed by atoms with Crippen LogP contribution in [0.15, 0.2) is 6.07 Å². The van der Waals surface area contributed by atoms with Gasteiger partial charge in [0, 0.05) is 0 Å². The van der Waals surface area contributed by atoms with Crippen molar-refractivity contribution < 1.29 is 22.0 Å². The second-order valence-electron chi connectivity index (χ2n) is 3.81. The summed E-state index contributed by atoms with van der Waals surface area (Å²) in [5.74, 6) is -7.68.